The van der Waals surface area contributed by atoms with Gasteiger partial charge in [-0.1, -0.05) is 18.2 Å². The highest BCUT2D eigenvalue weighted by Crippen LogP contribution is 2.28. The van der Waals surface area contributed by atoms with Gasteiger partial charge in [-0.3, -0.25) is 0 Å². The average Bonchev–Trinajstić information content (AvgIpc) is 2.68. The summed E-state index contributed by atoms with van der Waals surface area (Å²) >= 11 is 0. The van der Waals surface area contributed by atoms with Gasteiger partial charge in [-0.2, -0.15) is 0 Å². The lowest BCUT2D eigenvalue weighted by Crippen LogP contribution is -2.03. The van der Waals surface area contributed by atoms with Gasteiger partial charge >= 0.3 is 11.9 Å². The number of hydrogen-bond donors (Lipinski definition) is 0. The van der Waals surface area contributed by atoms with Crippen LogP contribution in [0.4, 0.5) is 0 Å². The third kappa shape index (κ3) is 2.57. The molecule has 2 rings (SSSR count). The molecule has 0 radical (unpaired) electrons. The third-order valence-electron chi connectivity index (χ3n) is 2.80. The quantitative estimate of drug-likeness (QED) is 0.794. The van der Waals surface area contributed by atoms with Crippen molar-refractivity contribution in [2.45, 2.75) is 6.92 Å². The lowest BCUT2D eigenvalue weighted by Gasteiger charge is -2.00. The lowest BCUT2D eigenvalue weighted by molar-refractivity contribution is 0.0525. The van der Waals surface area contributed by atoms with Crippen molar-refractivity contribution in [2.24, 2.45) is 0 Å². The van der Waals surface area contributed by atoms with Gasteiger partial charge in [-0.15, -0.1) is 0 Å². The predicted octanol–water partition coefficient (Wildman–Crippen LogP) is 2.75. The fourth-order valence-electron chi connectivity index (χ4n) is 1.91. The third-order valence-corrected chi connectivity index (χ3v) is 2.80. The van der Waals surface area contributed by atoms with Crippen molar-refractivity contribution >= 4 is 11.9 Å². The Morgan fingerprint density at radius 3 is 2.58 bits per heavy atom. The Kier molecular flexibility index (Phi) is 3.80. The van der Waals surface area contributed by atoms with E-state index in [-0.39, 0.29) is 11.9 Å². The maximum absolute atomic E-state index is 11.7. The SMILES string of the molecule is CCOC(=O)c1cccc2c(C(=O)OC)ccc-2c1. The fourth-order valence-corrected chi connectivity index (χ4v) is 1.91. The number of esters is 2. The van der Waals surface area contributed by atoms with Crippen molar-refractivity contribution in [3.05, 3.63) is 47.5 Å². The van der Waals surface area contributed by atoms with E-state index in [1.54, 1.807) is 43.3 Å². The first-order valence-electron chi connectivity index (χ1n) is 5.95. The van der Waals surface area contributed by atoms with Crippen LogP contribution < -0.4 is 0 Å². The van der Waals surface area contributed by atoms with Crippen LogP contribution in [-0.2, 0) is 9.47 Å². The number of carbonyl (C=O) groups is 2. The minimum atomic E-state index is -0.390. The van der Waals surface area contributed by atoms with E-state index in [1.165, 1.54) is 7.11 Å². The van der Waals surface area contributed by atoms with Crippen LogP contribution in [0.25, 0.3) is 11.1 Å². The summed E-state index contributed by atoms with van der Waals surface area (Å²) in [6.45, 7) is 2.09. The van der Waals surface area contributed by atoms with Crippen LogP contribution in [0, 0.1) is 0 Å². The molecule has 0 amide bonds. The molecule has 2 aliphatic rings. The zero-order valence-corrected chi connectivity index (χ0v) is 10.8. The van der Waals surface area contributed by atoms with E-state index >= 15 is 0 Å². The number of fused-ring (bicyclic) bond motifs is 1. The van der Waals surface area contributed by atoms with E-state index in [1.807, 2.05) is 0 Å². The highest BCUT2D eigenvalue weighted by Gasteiger charge is 2.16. The van der Waals surface area contributed by atoms with Gasteiger partial charge in [-0.05, 0) is 36.2 Å². The first kappa shape index (κ1) is 13.1. The molecule has 0 unspecified atom stereocenters. The largest absolute Gasteiger partial charge is 0.465 e. The van der Waals surface area contributed by atoms with E-state index in [0.29, 0.717) is 17.7 Å². The van der Waals surface area contributed by atoms with Crippen LogP contribution in [0.5, 0.6) is 0 Å². The van der Waals surface area contributed by atoms with Crippen molar-refractivity contribution in [1.29, 1.82) is 0 Å². The Bertz CT molecular complexity index is 589. The van der Waals surface area contributed by atoms with Gasteiger partial charge in [0.2, 0.25) is 0 Å². The highest BCUT2D eigenvalue weighted by atomic mass is 16.5. The van der Waals surface area contributed by atoms with E-state index in [0.717, 1.165) is 11.1 Å². The van der Waals surface area contributed by atoms with E-state index in [2.05, 4.69) is 0 Å². The first-order valence-corrected chi connectivity index (χ1v) is 5.95. The Morgan fingerprint density at radius 1 is 1.11 bits per heavy atom. The smallest absolute Gasteiger partial charge is 0.338 e. The molecule has 4 heteroatoms. The number of hydrogen-bond acceptors (Lipinski definition) is 4. The molecule has 4 nitrogen and oxygen atoms in total. The molecule has 2 aliphatic carbocycles. The van der Waals surface area contributed by atoms with Gasteiger partial charge in [0.1, 0.15) is 0 Å². The number of methoxy groups -OCH3 is 1. The molecule has 98 valence electrons. The van der Waals surface area contributed by atoms with Crippen molar-refractivity contribution in [3.63, 3.8) is 0 Å². The number of carbonyl (C=O) groups excluding carboxylic acids is 2. The van der Waals surface area contributed by atoms with E-state index in [4.69, 9.17) is 9.47 Å². The monoisotopic (exact) mass is 258 g/mol. The molecule has 0 spiro atoms. The summed E-state index contributed by atoms with van der Waals surface area (Å²) in [6, 6.07) is 10.3. The Morgan fingerprint density at radius 2 is 1.89 bits per heavy atom. The van der Waals surface area contributed by atoms with Gasteiger partial charge in [0.05, 0.1) is 24.8 Å². The van der Waals surface area contributed by atoms with Crippen molar-refractivity contribution in [1.82, 2.24) is 0 Å². The molecular formula is C15H14O4. The van der Waals surface area contributed by atoms with Crippen molar-refractivity contribution in [2.75, 3.05) is 13.7 Å². The minimum Gasteiger partial charge on any atom is -0.465 e. The van der Waals surface area contributed by atoms with Crippen LogP contribution in [-0.4, -0.2) is 25.7 Å². The second-order valence-corrected chi connectivity index (χ2v) is 3.95. The number of ether oxygens (including phenoxy) is 2. The summed E-state index contributed by atoms with van der Waals surface area (Å²) in [5.41, 5.74) is 2.50. The van der Waals surface area contributed by atoms with Gasteiger partial charge in [0.15, 0.2) is 0 Å². The summed E-state index contributed by atoms with van der Waals surface area (Å²) in [6.07, 6.45) is 0. The van der Waals surface area contributed by atoms with Crippen LogP contribution in [0.2, 0.25) is 0 Å². The molecule has 0 saturated carbocycles. The molecule has 0 heterocycles. The lowest BCUT2D eigenvalue weighted by atomic mass is 10.1. The van der Waals surface area contributed by atoms with Gasteiger partial charge in [0, 0.05) is 0 Å². The molecule has 0 atom stereocenters. The second kappa shape index (κ2) is 5.52. The summed E-state index contributed by atoms with van der Waals surface area (Å²) in [4.78, 5) is 23.3. The van der Waals surface area contributed by atoms with Crippen LogP contribution >= 0.6 is 0 Å². The fraction of sp³-hybridized carbons (Fsp3) is 0.200. The van der Waals surface area contributed by atoms with Crippen molar-refractivity contribution < 1.29 is 19.1 Å². The van der Waals surface area contributed by atoms with E-state index < -0.39 is 0 Å². The van der Waals surface area contributed by atoms with Crippen molar-refractivity contribution in [3.8, 4) is 11.1 Å². The second-order valence-electron chi connectivity index (χ2n) is 3.95. The summed E-state index contributed by atoms with van der Waals surface area (Å²) in [7, 11) is 1.34. The molecular weight excluding hydrogens is 244 g/mol. The molecule has 0 bridgehead atoms. The zero-order valence-electron chi connectivity index (χ0n) is 10.8. The average molecular weight is 258 g/mol. The molecule has 0 aromatic rings. The molecule has 0 aromatic heterocycles. The van der Waals surface area contributed by atoms with Crippen LogP contribution in [0.15, 0.2) is 36.4 Å². The summed E-state index contributed by atoms with van der Waals surface area (Å²) in [5.74, 6) is -0.764. The molecule has 19 heavy (non-hydrogen) atoms. The van der Waals surface area contributed by atoms with Gasteiger partial charge in [0.25, 0.3) is 0 Å². The summed E-state index contributed by atoms with van der Waals surface area (Å²) < 4.78 is 9.68. The Balaban J connectivity index is 2.44. The standard InChI is InChI=1S/C15H14O4/c1-3-19-14(16)11-5-4-6-12-10(9-11)7-8-13(12)15(17)18-2/h4-9H,3H2,1-2H3. The maximum Gasteiger partial charge on any atom is 0.338 e. The van der Waals surface area contributed by atoms with Gasteiger partial charge in [-0.25, -0.2) is 9.59 Å². The highest BCUT2D eigenvalue weighted by molar-refractivity contribution is 6.00. The molecule has 0 saturated heterocycles. The van der Waals surface area contributed by atoms with E-state index in [9.17, 15) is 9.59 Å². The molecule has 0 N–H and O–H groups in total. The maximum atomic E-state index is 11.7. The molecule has 0 fully saturated rings. The van der Waals surface area contributed by atoms with Crippen LogP contribution in [0.1, 0.15) is 27.6 Å². The molecule has 0 aliphatic heterocycles. The Labute approximate surface area is 111 Å². The topological polar surface area (TPSA) is 52.6 Å². The van der Waals surface area contributed by atoms with Crippen LogP contribution in [0.3, 0.4) is 0 Å². The zero-order chi connectivity index (χ0) is 13.8. The first-order chi connectivity index (χ1) is 9.17. The number of rotatable bonds is 3. The normalized spacial score (nSPS) is 10.2. The van der Waals surface area contributed by atoms with Gasteiger partial charge < -0.3 is 9.47 Å². The predicted molar refractivity (Wildman–Crippen MR) is 70.4 cm³/mol. The minimum absolute atomic E-state index is 0.328. The summed E-state index contributed by atoms with van der Waals surface area (Å²) in [5, 5.41) is 0. The molecule has 0 aromatic carbocycles. The Hall–Kier alpha value is -2.36.